The number of aryl methyl sites for hydroxylation is 2. The van der Waals surface area contributed by atoms with E-state index in [0.717, 1.165) is 28.1 Å². The largest absolute Gasteiger partial charge is 0.496 e. The van der Waals surface area contributed by atoms with Crippen molar-refractivity contribution < 1.29 is 9.53 Å². The number of methoxy groups -OCH3 is 1. The van der Waals surface area contributed by atoms with Gasteiger partial charge in [-0.3, -0.25) is 9.78 Å². The zero-order valence-corrected chi connectivity index (χ0v) is 18.2. The molecule has 0 unspecified atom stereocenters. The van der Waals surface area contributed by atoms with Gasteiger partial charge in [0.15, 0.2) is 0 Å². The molecule has 29 heavy (non-hydrogen) atoms. The molecule has 1 amide bonds. The van der Waals surface area contributed by atoms with E-state index in [1.807, 2.05) is 32.0 Å². The number of pyridine rings is 1. The lowest BCUT2D eigenvalue weighted by Gasteiger charge is -2.13. The number of rotatable bonds is 6. The summed E-state index contributed by atoms with van der Waals surface area (Å²) in [7, 11) is 1.62. The standard InChI is InChI=1S/C21H22Cl2N4O2/c1-12-9-24-17(13(2)19(12)29-4)10-25-21(28)18-14(3)26-27(20(18)23)11-15-7-5-6-8-16(15)22/h5-9H,10-11H2,1-4H3,(H,25,28). The fraction of sp³-hybridized carbons (Fsp3) is 0.286. The van der Waals surface area contributed by atoms with E-state index in [0.29, 0.717) is 22.8 Å². The summed E-state index contributed by atoms with van der Waals surface area (Å²) in [5, 5.41) is 8.18. The number of aromatic nitrogens is 3. The van der Waals surface area contributed by atoms with Gasteiger partial charge in [-0.2, -0.15) is 5.10 Å². The first-order valence-corrected chi connectivity index (χ1v) is 9.82. The number of nitrogens with zero attached hydrogens (tertiary/aromatic N) is 3. The first kappa shape index (κ1) is 21.1. The molecule has 0 aliphatic heterocycles. The average Bonchev–Trinajstić information content (AvgIpc) is 2.96. The summed E-state index contributed by atoms with van der Waals surface area (Å²) in [5.74, 6) is 0.463. The third kappa shape index (κ3) is 4.38. The lowest BCUT2D eigenvalue weighted by molar-refractivity contribution is 0.0950. The summed E-state index contributed by atoms with van der Waals surface area (Å²) in [6.07, 6.45) is 1.73. The minimum Gasteiger partial charge on any atom is -0.496 e. The molecule has 0 fully saturated rings. The molecule has 1 aromatic carbocycles. The van der Waals surface area contributed by atoms with Crippen LogP contribution in [0.4, 0.5) is 0 Å². The first-order valence-electron chi connectivity index (χ1n) is 9.07. The fourth-order valence-electron chi connectivity index (χ4n) is 3.21. The maximum absolute atomic E-state index is 12.8. The molecule has 3 rings (SSSR count). The van der Waals surface area contributed by atoms with Crippen LogP contribution in [0.3, 0.4) is 0 Å². The molecule has 6 nitrogen and oxygen atoms in total. The topological polar surface area (TPSA) is 69.0 Å². The van der Waals surface area contributed by atoms with Crippen molar-refractivity contribution >= 4 is 29.1 Å². The number of benzene rings is 1. The van der Waals surface area contributed by atoms with Crippen LogP contribution in [-0.4, -0.2) is 27.8 Å². The van der Waals surface area contributed by atoms with Gasteiger partial charge in [-0.05, 0) is 32.4 Å². The number of carbonyl (C=O) groups excluding carboxylic acids is 1. The summed E-state index contributed by atoms with van der Waals surface area (Å²) in [6, 6.07) is 7.45. The van der Waals surface area contributed by atoms with Crippen molar-refractivity contribution in [1.82, 2.24) is 20.1 Å². The van der Waals surface area contributed by atoms with Crippen LogP contribution in [-0.2, 0) is 13.1 Å². The van der Waals surface area contributed by atoms with Crippen molar-refractivity contribution in [2.24, 2.45) is 0 Å². The molecule has 0 aliphatic rings. The molecular weight excluding hydrogens is 411 g/mol. The number of carbonyl (C=O) groups is 1. The molecule has 0 radical (unpaired) electrons. The van der Waals surface area contributed by atoms with Gasteiger partial charge in [-0.15, -0.1) is 0 Å². The predicted molar refractivity (Wildman–Crippen MR) is 114 cm³/mol. The van der Waals surface area contributed by atoms with E-state index in [-0.39, 0.29) is 17.6 Å². The molecule has 2 heterocycles. The third-order valence-electron chi connectivity index (χ3n) is 4.74. The van der Waals surface area contributed by atoms with E-state index in [1.54, 1.807) is 31.0 Å². The SMILES string of the molecule is COc1c(C)cnc(CNC(=O)c2c(C)nn(Cc3ccccc3Cl)c2Cl)c1C. The molecule has 0 spiro atoms. The average molecular weight is 433 g/mol. The Morgan fingerprint density at radius 3 is 2.62 bits per heavy atom. The second kappa shape index (κ2) is 8.84. The van der Waals surface area contributed by atoms with Crippen LogP contribution in [0.15, 0.2) is 30.5 Å². The lowest BCUT2D eigenvalue weighted by atomic mass is 10.1. The molecule has 1 N–H and O–H groups in total. The smallest absolute Gasteiger partial charge is 0.256 e. The van der Waals surface area contributed by atoms with Crippen molar-refractivity contribution in [3.8, 4) is 5.75 Å². The fourth-order valence-corrected chi connectivity index (χ4v) is 3.72. The van der Waals surface area contributed by atoms with Gasteiger partial charge in [0.05, 0.1) is 37.2 Å². The van der Waals surface area contributed by atoms with E-state index in [4.69, 9.17) is 27.9 Å². The molecule has 0 aliphatic carbocycles. The molecule has 0 saturated heterocycles. The summed E-state index contributed by atoms with van der Waals surface area (Å²) in [5.41, 5.74) is 4.33. The maximum atomic E-state index is 12.8. The highest BCUT2D eigenvalue weighted by Crippen LogP contribution is 2.25. The molecule has 2 aromatic heterocycles. The Bertz CT molecular complexity index is 1060. The van der Waals surface area contributed by atoms with Crippen LogP contribution in [0.2, 0.25) is 10.2 Å². The van der Waals surface area contributed by atoms with Crippen molar-refractivity contribution in [2.45, 2.75) is 33.9 Å². The number of hydrogen-bond donors (Lipinski definition) is 1. The van der Waals surface area contributed by atoms with Gasteiger partial charge in [0.2, 0.25) is 0 Å². The second-order valence-corrected chi connectivity index (χ2v) is 7.49. The molecule has 3 aromatic rings. The molecule has 0 atom stereocenters. The van der Waals surface area contributed by atoms with E-state index < -0.39 is 0 Å². The van der Waals surface area contributed by atoms with E-state index >= 15 is 0 Å². The van der Waals surface area contributed by atoms with Crippen LogP contribution < -0.4 is 10.1 Å². The Hall–Kier alpha value is -2.57. The number of ether oxygens (including phenoxy) is 1. The van der Waals surface area contributed by atoms with Gasteiger partial charge in [0, 0.05) is 22.3 Å². The van der Waals surface area contributed by atoms with Crippen LogP contribution in [0.25, 0.3) is 0 Å². The van der Waals surface area contributed by atoms with Crippen molar-refractivity contribution in [1.29, 1.82) is 0 Å². The van der Waals surface area contributed by atoms with Gasteiger partial charge in [0.25, 0.3) is 5.91 Å². The maximum Gasteiger partial charge on any atom is 0.256 e. The number of halogens is 2. The van der Waals surface area contributed by atoms with E-state index in [9.17, 15) is 4.79 Å². The summed E-state index contributed by atoms with van der Waals surface area (Å²) in [6.45, 7) is 6.23. The molecule has 8 heteroatoms. The highest BCUT2D eigenvalue weighted by molar-refractivity contribution is 6.33. The zero-order valence-electron chi connectivity index (χ0n) is 16.7. The van der Waals surface area contributed by atoms with Gasteiger partial charge in [0.1, 0.15) is 10.9 Å². The molecule has 0 bridgehead atoms. The minimum absolute atomic E-state index is 0.257. The molecule has 152 valence electrons. The van der Waals surface area contributed by atoms with Crippen molar-refractivity contribution in [3.05, 3.63) is 74.3 Å². The summed E-state index contributed by atoms with van der Waals surface area (Å²) < 4.78 is 6.99. The quantitative estimate of drug-likeness (QED) is 0.622. The van der Waals surface area contributed by atoms with Crippen molar-refractivity contribution in [3.63, 3.8) is 0 Å². The van der Waals surface area contributed by atoms with Gasteiger partial charge in [-0.25, -0.2) is 4.68 Å². The van der Waals surface area contributed by atoms with E-state index in [2.05, 4.69) is 15.4 Å². The zero-order chi connectivity index (χ0) is 21.1. The number of amides is 1. The highest BCUT2D eigenvalue weighted by atomic mass is 35.5. The molecular formula is C21H22Cl2N4O2. The Labute approximate surface area is 179 Å². The predicted octanol–water partition coefficient (Wildman–Crippen LogP) is 4.50. The van der Waals surface area contributed by atoms with Gasteiger partial charge >= 0.3 is 0 Å². The van der Waals surface area contributed by atoms with Gasteiger partial charge < -0.3 is 10.1 Å². The van der Waals surface area contributed by atoms with Crippen LogP contribution >= 0.6 is 23.2 Å². The highest BCUT2D eigenvalue weighted by Gasteiger charge is 2.21. The lowest BCUT2D eigenvalue weighted by Crippen LogP contribution is -2.24. The minimum atomic E-state index is -0.307. The Balaban J connectivity index is 1.78. The monoisotopic (exact) mass is 432 g/mol. The Morgan fingerprint density at radius 2 is 1.93 bits per heavy atom. The number of nitrogens with one attached hydrogen (secondary N) is 1. The van der Waals surface area contributed by atoms with Crippen LogP contribution in [0, 0.1) is 20.8 Å². The van der Waals surface area contributed by atoms with Crippen molar-refractivity contribution in [2.75, 3.05) is 7.11 Å². The van der Waals surface area contributed by atoms with Crippen LogP contribution in [0.1, 0.15) is 38.4 Å². The Kier molecular flexibility index (Phi) is 6.45. The van der Waals surface area contributed by atoms with Gasteiger partial charge in [-0.1, -0.05) is 41.4 Å². The first-order chi connectivity index (χ1) is 13.8. The van der Waals surface area contributed by atoms with Crippen LogP contribution in [0.5, 0.6) is 5.75 Å². The number of hydrogen-bond acceptors (Lipinski definition) is 4. The Morgan fingerprint density at radius 1 is 1.21 bits per heavy atom. The summed E-state index contributed by atoms with van der Waals surface area (Å²) >= 11 is 12.7. The second-order valence-electron chi connectivity index (χ2n) is 6.73. The normalized spacial score (nSPS) is 10.8. The summed E-state index contributed by atoms with van der Waals surface area (Å²) in [4.78, 5) is 17.2. The molecule has 0 saturated carbocycles. The third-order valence-corrected chi connectivity index (χ3v) is 5.49. The van der Waals surface area contributed by atoms with E-state index in [1.165, 1.54) is 0 Å².